The first-order chi connectivity index (χ1) is 8.13. The quantitative estimate of drug-likeness (QED) is 0.496. The van der Waals surface area contributed by atoms with Crippen LogP contribution in [-0.2, 0) is 18.9 Å². The Kier molecular flexibility index (Phi) is 12.2. The lowest BCUT2D eigenvalue weighted by Gasteiger charge is -2.09. The van der Waals surface area contributed by atoms with Gasteiger partial charge in [-0.15, -0.1) is 0 Å². The fourth-order valence-corrected chi connectivity index (χ4v) is 1.15. The highest BCUT2D eigenvalue weighted by Gasteiger charge is 1.95. The summed E-state index contributed by atoms with van der Waals surface area (Å²) in [6.45, 7) is 12.2. The lowest BCUT2D eigenvalue weighted by molar-refractivity contribution is 0.000666. The number of hydrogen-bond donors (Lipinski definition) is 0. The Morgan fingerprint density at radius 2 is 1.00 bits per heavy atom. The van der Waals surface area contributed by atoms with Crippen LogP contribution in [0.4, 0.5) is 0 Å². The van der Waals surface area contributed by atoms with Crippen molar-refractivity contribution in [1.29, 1.82) is 0 Å². The Bertz CT molecular complexity index is 132. The van der Waals surface area contributed by atoms with Crippen LogP contribution >= 0.6 is 0 Å². The van der Waals surface area contributed by atoms with Crippen molar-refractivity contribution in [2.24, 2.45) is 0 Å². The summed E-state index contributed by atoms with van der Waals surface area (Å²) in [6, 6.07) is 0. The molecule has 104 valence electrons. The molecule has 0 bridgehead atoms. The van der Waals surface area contributed by atoms with Gasteiger partial charge in [0.2, 0.25) is 0 Å². The molecule has 0 aromatic rings. The number of rotatable bonds is 12. The highest BCUT2D eigenvalue weighted by atomic mass is 16.5. The zero-order chi connectivity index (χ0) is 12.9. The monoisotopic (exact) mass is 248 g/mol. The van der Waals surface area contributed by atoms with Gasteiger partial charge in [0.25, 0.3) is 0 Å². The maximum Gasteiger partial charge on any atom is 0.0703 e. The topological polar surface area (TPSA) is 36.9 Å². The average molecular weight is 248 g/mol. The molecule has 0 saturated carbocycles. The largest absolute Gasteiger partial charge is 0.379 e. The minimum atomic E-state index is 0.280. The molecule has 0 spiro atoms. The van der Waals surface area contributed by atoms with Crippen molar-refractivity contribution in [2.45, 2.75) is 46.3 Å². The van der Waals surface area contributed by atoms with Gasteiger partial charge in [0.15, 0.2) is 0 Å². The van der Waals surface area contributed by atoms with Crippen LogP contribution in [-0.4, -0.2) is 51.8 Å². The van der Waals surface area contributed by atoms with Crippen LogP contribution in [0.5, 0.6) is 0 Å². The second kappa shape index (κ2) is 12.3. The Balaban J connectivity index is 2.94. The molecule has 0 aliphatic rings. The molecule has 0 aliphatic carbocycles. The van der Waals surface area contributed by atoms with Crippen LogP contribution in [0.3, 0.4) is 0 Å². The first kappa shape index (κ1) is 16.8. The van der Waals surface area contributed by atoms with E-state index < -0.39 is 0 Å². The SMILES string of the molecule is CC(C)OCCOCCCOCCOC(C)C. The van der Waals surface area contributed by atoms with E-state index in [2.05, 4.69) is 0 Å². The van der Waals surface area contributed by atoms with Gasteiger partial charge in [-0.1, -0.05) is 0 Å². The van der Waals surface area contributed by atoms with Crippen molar-refractivity contribution in [1.82, 2.24) is 0 Å². The van der Waals surface area contributed by atoms with Gasteiger partial charge >= 0.3 is 0 Å². The van der Waals surface area contributed by atoms with Gasteiger partial charge in [0.1, 0.15) is 0 Å². The van der Waals surface area contributed by atoms with Crippen molar-refractivity contribution in [3.8, 4) is 0 Å². The first-order valence-electron chi connectivity index (χ1n) is 6.51. The Labute approximate surface area is 106 Å². The van der Waals surface area contributed by atoms with Crippen LogP contribution in [0.2, 0.25) is 0 Å². The van der Waals surface area contributed by atoms with Crippen LogP contribution in [0, 0.1) is 0 Å². The fraction of sp³-hybridized carbons (Fsp3) is 1.00. The minimum absolute atomic E-state index is 0.280. The van der Waals surface area contributed by atoms with Gasteiger partial charge in [-0.3, -0.25) is 0 Å². The molecule has 0 aromatic heterocycles. The smallest absolute Gasteiger partial charge is 0.0703 e. The van der Waals surface area contributed by atoms with Gasteiger partial charge in [-0.05, 0) is 34.1 Å². The fourth-order valence-electron chi connectivity index (χ4n) is 1.15. The Morgan fingerprint density at radius 1 is 0.588 bits per heavy atom. The summed E-state index contributed by atoms with van der Waals surface area (Å²) in [5.41, 5.74) is 0. The van der Waals surface area contributed by atoms with Crippen LogP contribution < -0.4 is 0 Å². The summed E-state index contributed by atoms with van der Waals surface area (Å²) in [5, 5.41) is 0. The molecule has 0 radical (unpaired) electrons. The van der Waals surface area contributed by atoms with Crippen molar-refractivity contribution in [3.05, 3.63) is 0 Å². The third-order valence-electron chi connectivity index (χ3n) is 1.94. The summed E-state index contributed by atoms with van der Waals surface area (Å²) in [7, 11) is 0. The highest BCUT2D eigenvalue weighted by Crippen LogP contribution is 1.91. The third kappa shape index (κ3) is 15.8. The summed E-state index contributed by atoms with van der Waals surface area (Å²) in [6.07, 6.45) is 1.48. The average Bonchev–Trinajstić information content (AvgIpc) is 2.25. The molecule has 0 atom stereocenters. The predicted octanol–water partition coefficient (Wildman–Crippen LogP) is 2.26. The van der Waals surface area contributed by atoms with Gasteiger partial charge in [-0.25, -0.2) is 0 Å². The van der Waals surface area contributed by atoms with E-state index in [9.17, 15) is 0 Å². The standard InChI is InChI=1S/C13H28O4/c1-12(2)16-10-8-14-6-5-7-15-9-11-17-13(3)4/h12-13H,5-11H2,1-4H3. The number of ether oxygens (including phenoxy) is 4. The van der Waals surface area contributed by atoms with Crippen molar-refractivity contribution in [2.75, 3.05) is 39.6 Å². The molecule has 4 nitrogen and oxygen atoms in total. The molecule has 0 fully saturated rings. The first-order valence-corrected chi connectivity index (χ1v) is 6.51. The van der Waals surface area contributed by atoms with E-state index in [1.54, 1.807) is 0 Å². The van der Waals surface area contributed by atoms with E-state index in [1.165, 1.54) is 0 Å². The van der Waals surface area contributed by atoms with Crippen molar-refractivity contribution < 1.29 is 18.9 Å². The molecule has 0 heterocycles. The van der Waals surface area contributed by atoms with E-state index >= 15 is 0 Å². The second-order valence-corrected chi connectivity index (χ2v) is 4.42. The van der Waals surface area contributed by atoms with Crippen LogP contribution in [0.15, 0.2) is 0 Å². The van der Waals surface area contributed by atoms with Gasteiger partial charge in [0.05, 0.1) is 38.6 Å². The summed E-state index contributed by atoms with van der Waals surface area (Å²) < 4.78 is 21.5. The second-order valence-electron chi connectivity index (χ2n) is 4.42. The van der Waals surface area contributed by atoms with E-state index in [0.29, 0.717) is 26.4 Å². The molecule has 0 saturated heterocycles. The van der Waals surface area contributed by atoms with Gasteiger partial charge in [-0.2, -0.15) is 0 Å². The predicted molar refractivity (Wildman–Crippen MR) is 68.4 cm³/mol. The molecular formula is C13H28O4. The third-order valence-corrected chi connectivity index (χ3v) is 1.94. The summed E-state index contributed by atoms with van der Waals surface area (Å²) in [4.78, 5) is 0. The molecule has 17 heavy (non-hydrogen) atoms. The molecule has 0 aliphatic heterocycles. The van der Waals surface area contributed by atoms with Crippen molar-refractivity contribution >= 4 is 0 Å². The zero-order valence-electron chi connectivity index (χ0n) is 11.7. The van der Waals surface area contributed by atoms with E-state index in [4.69, 9.17) is 18.9 Å². The molecule has 0 unspecified atom stereocenters. The van der Waals surface area contributed by atoms with Gasteiger partial charge in [0, 0.05) is 13.2 Å². The van der Waals surface area contributed by atoms with E-state index in [0.717, 1.165) is 19.6 Å². The maximum atomic E-state index is 5.39. The van der Waals surface area contributed by atoms with E-state index in [-0.39, 0.29) is 12.2 Å². The maximum absolute atomic E-state index is 5.39. The summed E-state index contributed by atoms with van der Waals surface area (Å²) in [5.74, 6) is 0. The lowest BCUT2D eigenvalue weighted by Crippen LogP contribution is -2.12. The molecule has 4 heteroatoms. The highest BCUT2D eigenvalue weighted by molar-refractivity contribution is 4.40. The molecule has 0 aromatic carbocycles. The molecule has 0 N–H and O–H groups in total. The number of hydrogen-bond acceptors (Lipinski definition) is 4. The molecule has 0 amide bonds. The minimum Gasteiger partial charge on any atom is -0.379 e. The van der Waals surface area contributed by atoms with Crippen molar-refractivity contribution in [3.63, 3.8) is 0 Å². The molecule has 0 rings (SSSR count). The van der Waals surface area contributed by atoms with Crippen LogP contribution in [0.1, 0.15) is 34.1 Å². The van der Waals surface area contributed by atoms with E-state index in [1.807, 2.05) is 27.7 Å². The zero-order valence-corrected chi connectivity index (χ0v) is 11.7. The van der Waals surface area contributed by atoms with Crippen LogP contribution in [0.25, 0.3) is 0 Å². The Hall–Kier alpha value is -0.160. The normalized spacial score (nSPS) is 11.6. The lowest BCUT2D eigenvalue weighted by atomic mass is 10.5. The summed E-state index contributed by atoms with van der Waals surface area (Å²) >= 11 is 0. The Morgan fingerprint density at radius 3 is 1.35 bits per heavy atom. The van der Waals surface area contributed by atoms with Gasteiger partial charge < -0.3 is 18.9 Å². The molecular weight excluding hydrogens is 220 g/mol.